The fraction of sp³-hybridized carbons (Fsp3) is 0.652. The van der Waals surface area contributed by atoms with Gasteiger partial charge in [0.05, 0.1) is 0 Å². The van der Waals surface area contributed by atoms with Crippen LogP contribution < -0.4 is 0 Å². The minimum Gasteiger partial charge on any atom is -0.508 e. The van der Waals surface area contributed by atoms with Crippen LogP contribution in [0.2, 0.25) is 0 Å². The molecule has 2 fully saturated rings. The van der Waals surface area contributed by atoms with Crippen LogP contribution in [0.25, 0.3) is 0 Å². The highest BCUT2D eigenvalue weighted by Crippen LogP contribution is 2.64. The zero-order valence-electron chi connectivity index (χ0n) is 15.7. The van der Waals surface area contributed by atoms with Gasteiger partial charge in [-0.2, -0.15) is 0 Å². The zero-order chi connectivity index (χ0) is 18.4. The number of benzene rings is 1. The van der Waals surface area contributed by atoms with Crippen molar-refractivity contribution in [3.05, 3.63) is 29.3 Å². The summed E-state index contributed by atoms with van der Waals surface area (Å²) in [5.74, 6) is 8.40. The summed E-state index contributed by atoms with van der Waals surface area (Å²) in [4.78, 5) is 0. The molecule has 140 valence electrons. The molecule has 3 nitrogen and oxygen atoms in total. The predicted molar refractivity (Wildman–Crippen MR) is 102 cm³/mol. The molecule has 5 atom stereocenters. The number of phenols is 1. The molecule has 0 bridgehead atoms. The van der Waals surface area contributed by atoms with Gasteiger partial charge in [0.25, 0.3) is 0 Å². The van der Waals surface area contributed by atoms with Crippen LogP contribution in [0.15, 0.2) is 18.2 Å². The second kappa shape index (κ2) is 6.59. The highest BCUT2D eigenvalue weighted by Gasteiger charge is 2.61. The molecule has 0 radical (unpaired) electrons. The quantitative estimate of drug-likeness (QED) is 0.560. The van der Waals surface area contributed by atoms with E-state index >= 15 is 0 Å². The Morgan fingerprint density at radius 1 is 1.19 bits per heavy atom. The van der Waals surface area contributed by atoms with E-state index in [0.29, 0.717) is 36.3 Å². The number of aliphatic hydroxyl groups is 2. The van der Waals surface area contributed by atoms with Gasteiger partial charge in [-0.3, -0.25) is 0 Å². The van der Waals surface area contributed by atoms with Gasteiger partial charge < -0.3 is 15.3 Å². The van der Waals surface area contributed by atoms with Gasteiger partial charge in [-0.1, -0.05) is 18.9 Å². The molecule has 3 aliphatic rings. The van der Waals surface area contributed by atoms with Gasteiger partial charge in [-0.25, -0.2) is 0 Å². The van der Waals surface area contributed by atoms with Crippen molar-refractivity contribution in [2.45, 2.75) is 69.8 Å². The van der Waals surface area contributed by atoms with Gasteiger partial charge in [-0.05, 0) is 86.0 Å². The Bertz CT molecular complexity index is 746. The van der Waals surface area contributed by atoms with Gasteiger partial charge in [0.2, 0.25) is 0 Å². The second-order valence-electron chi connectivity index (χ2n) is 8.78. The van der Waals surface area contributed by atoms with E-state index in [-0.39, 0.29) is 12.0 Å². The second-order valence-corrected chi connectivity index (χ2v) is 8.78. The normalized spacial score (nSPS) is 37.9. The molecule has 0 spiro atoms. The highest BCUT2D eigenvalue weighted by atomic mass is 16.3. The lowest BCUT2D eigenvalue weighted by atomic mass is 9.53. The van der Waals surface area contributed by atoms with Crippen LogP contribution in [0.4, 0.5) is 0 Å². The molecule has 4 rings (SSSR count). The molecule has 0 heterocycles. The van der Waals surface area contributed by atoms with Crippen LogP contribution in [0.1, 0.15) is 68.9 Å². The number of fused-ring (bicyclic) bond motifs is 5. The summed E-state index contributed by atoms with van der Waals surface area (Å²) in [5.41, 5.74) is 1.72. The molecule has 0 aliphatic heterocycles. The molecule has 0 aromatic heterocycles. The predicted octanol–water partition coefficient (Wildman–Crippen LogP) is 3.76. The monoisotopic (exact) mass is 354 g/mol. The molecule has 1 aromatic carbocycles. The minimum atomic E-state index is -0.882. The summed E-state index contributed by atoms with van der Waals surface area (Å²) in [6.07, 6.45) is 7.43. The Morgan fingerprint density at radius 3 is 2.85 bits per heavy atom. The van der Waals surface area contributed by atoms with E-state index in [1.54, 1.807) is 0 Å². The molecular formula is C23H30O3. The lowest BCUT2D eigenvalue weighted by molar-refractivity contribution is -0.0648. The van der Waals surface area contributed by atoms with E-state index in [9.17, 15) is 10.2 Å². The number of aromatic hydroxyl groups is 1. The van der Waals surface area contributed by atoms with E-state index in [1.165, 1.54) is 11.1 Å². The summed E-state index contributed by atoms with van der Waals surface area (Å²) in [7, 11) is 0. The number of aliphatic hydroxyl groups excluding tert-OH is 1. The van der Waals surface area contributed by atoms with E-state index < -0.39 is 5.60 Å². The molecule has 2 unspecified atom stereocenters. The van der Waals surface area contributed by atoms with Gasteiger partial charge in [-0.15, -0.1) is 5.92 Å². The van der Waals surface area contributed by atoms with Crippen LogP contribution in [0.3, 0.4) is 0 Å². The lowest BCUT2D eigenvalue weighted by Crippen LogP contribution is -2.50. The Labute approximate surface area is 156 Å². The van der Waals surface area contributed by atoms with E-state index in [4.69, 9.17) is 5.11 Å². The van der Waals surface area contributed by atoms with Crippen molar-refractivity contribution in [3.63, 3.8) is 0 Å². The third-order valence-corrected chi connectivity index (χ3v) is 7.62. The molecule has 3 heteroatoms. The van der Waals surface area contributed by atoms with Gasteiger partial charge in [0.15, 0.2) is 0 Å². The largest absolute Gasteiger partial charge is 0.508 e. The topological polar surface area (TPSA) is 60.7 Å². The van der Waals surface area contributed by atoms with Gasteiger partial charge in [0, 0.05) is 18.4 Å². The Hall–Kier alpha value is -1.50. The maximum Gasteiger partial charge on any atom is 0.131 e. The first-order valence-electron chi connectivity index (χ1n) is 10.1. The maximum atomic E-state index is 11.4. The standard InChI is InChI=1S/C23H30O3/c1-22-12-9-19-18-8-6-17(25)15-16(18)5-7-20(19)21(22)10-13-23(22,26)11-3-2-4-14-24/h6,8,15,19-21,24-26H,2,4-5,7,9-10,12-14H2,1H3/t19-,20?,21+,22?,23+/m1/s1. The molecule has 3 N–H and O–H groups in total. The maximum absolute atomic E-state index is 11.4. The van der Waals surface area contributed by atoms with Crippen LogP contribution in [0, 0.1) is 29.1 Å². The molecule has 0 amide bonds. The minimum absolute atomic E-state index is 0.130. The summed E-state index contributed by atoms with van der Waals surface area (Å²) >= 11 is 0. The summed E-state index contributed by atoms with van der Waals surface area (Å²) in [6, 6.07) is 5.89. The molecule has 2 saturated carbocycles. The third kappa shape index (κ3) is 2.66. The van der Waals surface area contributed by atoms with Gasteiger partial charge in [0.1, 0.15) is 11.4 Å². The lowest BCUT2D eigenvalue weighted by Gasteiger charge is -2.52. The summed E-state index contributed by atoms with van der Waals surface area (Å²) in [5, 5.41) is 30.1. The smallest absolute Gasteiger partial charge is 0.131 e. The molecule has 3 aliphatic carbocycles. The van der Waals surface area contributed by atoms with Crippen molar-refractivity contribution in [1.29, 1.82) is 0 Å². The fourth-order valence-corrected chi connectivity index (χ4v) is 6.17. The Balaban J connectivity index is 1.60. The average Bonchev–Trinajstić information content (AvgIpc) is 2.90. The van der Waals surface area contributed by atoms with Crippen molar-refractivity contribution in [2.75, 3.05) is 6.61 Å². The van der Waals surface area contributed by atoms with Crippen LogP contribution in [0.5, 0.6) is 5.75 Å². The molecular weight excluding hydrogens is 324 g/mol. The van der Waals surface area contributed by atoms with Crippen LogP contribution in [-0.2, 0) is 6.42 Å². The Kier molecular flexibility index (Phi) is 4.53. The third-order valence-electron chi connectivity index (χ3n) is 7.62. The molecule has 0 saturated heterocycles. The van der Waals surface area contributed by atoms with Crippen molar-refractivity contribution in [3.8, 4) is 17.6 Å². The average molecular weight is 354 g/mol. The van der Waals surface area contributed by atoms with Crippen molar-refractivity contribution >= 4 is 0 Å². The number of aryl methyl sites for hydroxylation is 1. The van der Waals surface area contributed by atoms with E-state index in [1.807, 2.05) is 12.1 Å². The van der Waals surface area contributed by atoms with Crippen molar-refractivity contribution < 1.29 is 15.3 Å². The van der Waals surface area contributed by atoms with Crippen molar-refractivity contribution in [2.24, 2.45) is 17.3 Å². The van der Waals surface area contributed by atoms with Crippen molar-refractivity contribution in [1.82, 2.24) is 0 Å². The fourth-order valence-electron chi connectivity index (χ4n) is 6.17. The zero-order valence-corrected chi connectivity index (χ0v) is 15.7. The SMILES string of the molecule is CC12CC[C@@H]3c4ccc(O)cc4CCC3[C@@H]1CC[C@@]2(O)C#CCCCO. The van der Waals surface area contributed by atoms with E-state index in [2.05, 4.69) is 24.8 Å². The number of unbranched alkanes of at least 4 members (excludes halogenated alkanes) is 1. The molecule has 26 heavy (non-hydrogen) atoms. The first-order valence-corrected chi connectivity index (χ1v) is 10.1. The van der Waals surface area contributed by atoms with Crippen LogP contribution >= 0.6 is 0 Å². The molecule has 1 aromatic rings. The van der Waals surface area contributed by atoms with E-state index in [0.717, 1.165) is 38.5 Å². The van der Waals surface area contributed by atoms with Gasteiger partial charge >= 0.3 is 0 Å². The number of phenolic OH excluding ortho intramolecular Hbond substituents is 1. The number of hydrogen-bond acceptors (Lipinski definition) is 3. The first-order chi connectivity index (χ1) is 12.5. The number of rotatable bonds is 2. The summed E-state index contributed by atoms with van der Waals surface area (Å²) in [6.45, 7) is 2.42. The first kappa shape index (κ1) is 17.9. The number of hydrogen-bond donors (Lipinski definition) is 3. The summed E-state index contributed by atoms with van der Waals surface area (Å²) < 4.78 is 0. The Morgan fingerprint density at radius 2 is 2.04 bits per heavy atom. The van der Waals surface area contributed by atoms with Crippen LogP contribution in [-0.4, -0.2) is 27.5 Å². The highest BCUT2D eigenvalue weighted by molar-refractivity contribution is 5.40.